The van der Waals surface area contributed by atoms with E-state index in [1.165, 1.54) is 5.56 Å². The number of carbonyl (C=O) groups is 2. The average Bonchev–Trinajstić information content (AvgIpc) is 3.29. The Morgan fingerprint density at radius 3 is 2.59 bits per heavy atom. The van der Waals surface area contributed by atoms with E-state index >= 15 is 0 Å². The smallest absolute Gasteiger partial charge is 0.407 e. The molecule has 2 heterocycles. The largest absolute Gasteiger partial charge is 0.444 e. The Morgan fingerprint density at radius 1 is 1.22 bits per heavy atom. The van der Waals surface area contributed by atoms with Gasteiger partial charge in [0, 0.05) is 18.7 Å². The normalized spacial score (nSPS) is 17.0. The van der Waals surface area contributed by atoms with Gasteiger partial charge in [-0.1, -0.05) is 12.1 Å². The van der Waals surface area contributed by atoms with Crippen LogP contribution in [-0.2, 0) is 11.3 Å². The highest BCUT2D eigenvalue weighted by Crippen LogP contribution is 2.34. The molecule has 0 saturated carbocycles. The zero-order valence-electron chi connectivity index (χ0n) is 16.0. The van der Waals surface area contributed by atoms with Crippen LogP contribution in [0, 0.1) is 0 Å². The number of likely N-dealkylation sites (tertiary alicyclic amines) is 1. The molecule has 1 aromatic carbocycles. The van der Waals surface area contributed by atoms with E-state index in [-0.39, 0.29) is 11.9 Å². The Bertz CT molecular complexity index is 779. The maximum Gasteiger partial charge on any atom is 0.407 e. The summed E-state index contributed by atoms with van der Waals surface area (Å²) in [6.45, 7) is 6.64. The van der Waals surface area contributed by atoms with Crippen molar-refractivity contribution in [2.45, 2.75) is 51.8 Å². The second-order valence-electron chi connectivity index (χ2n) is 7.77. The van der Waals surface area contributed by atoms with Crippen molar-refractivity contribution in [2.24, 2.45) is 0 Å². The van der Waals surface area contributed by atoms with Crippen LogP contribution in [0.15, 0.2) is 41.1 Å². The van der Waals surface area contributed by atoms with Crippen LogP contribution in [0.4, 0.5) is 4.79 Å². The number of benzene rings is 1. The maximum absolute atomic E-state index is 12.9. The summed E-state index contributed by atoms with van der Waals surface area (Å²) < 4.78 is 5.23. The minimum Gasteiger partial charge on any atom is -0.444 e. The van der Waals surface area contributed by atoms with E-state index in [1.807, 2.05) is 49.9 Å². The van der Waals surface area contributed by atoms with E-state index in [9.17, 15) is 9.59 Å². The molecule has 1 aliphatic rings. The summed E-state index contributed by atoms with van der Waals surface area (Å²) in [7, 11) is 0. The van der Waals surface area contributed by atoms with Gasteiger partial charge in [0.1, 0.15) is 5.60 Å². The van der Waals surface area contributed by atoms with Crippen LogP contribution in [0.25, 0.3) is 0 Å². The van der Waals surface area contributed by atoms with Gasteiger partial charge in [-0.25, -0.2) is 4.79 Å². The van der Waals surface area contributed by atoms with E-state index in [1.54, 1.807) is 11.3 Å². The Labute approximate surface area is 164 Å². The minimum atomic E-state index is -0.519. The van der Waals surface area contributed by atoms with E-state index in [0.717, 1.165) is 24.9 Å². The van der Waals surface area contributed by atoms with Crippen LogP contribution >= 0.6 is 11.3 Å². The molecule has 5 nitrogen and oxygen atoms in total. The molecule has 0 radical (unpaired) electrons. The van der Waals surface area contributed by atoms with Gasteiger partial charge in [0.25, 0.3) is 5.91 Å². The number of rotatable bonds is 4. The highest BCUT2D eigenvalue weighted by atomic mass is 32.1. The van der Waals surface area contributed by atoms with Crippen LogP contribution in [0.2, 0.25) is 0 Å². The van der Waals surface area contributed by atoms with Gasteiger partial charge in [-0.15, -0.1) is 0 Å². The Balaban J connectivity index is 1.60. The third-order valence-corrected chi connectivity index (χ3v) is 5.18. The second kappa shape index (κ2) is 8.13. The van der Waals surface area contributed by atoms with Gasteiger partial charge in [-0.05, 0) is 73.7 Å². The molecular weight excluding hydrogens is 360 g/mol. The average molecular weight is 387 g/mol. The first-order valence-electron chi connectivity index (χ1n) is 9.22. The summed E-state index contributed by atoms with van der Waals surface area (Å²) in [5, 5.41) is 6.91. The predicted molar refractivity (Wildman–Crippen MR) is 107 cm³/mol. The third-order valence-electron chi connectivity index (χ3n) is 4.48. The predicted octanol–water partition coefficient (Wildman–Crippen LogP) is 4.75. The number of amides is 2. The molecule has 6 heteroatoms. The fourth-order valence-corrected chi connectivity index (χ4v) is 3.95. The van der Waals surface area contributed by atoms with Crippen molar-refractivity contribution in [1.29, 1.82) is 0 Å². The van der Waals surface area contributed by atoms with Crippen molar-refractivity contribution in [2.75, 3.05) is 6.54 Å². The lowest BCUT2D eigenvalue weighted by molar-refractivity contribution is 0.0523. The number of hydrogen-bond acceptors (Lipinski definition) is 4. The molecular formula is C21H26N2O3S. The molecule has 0 bridgehead atoms. The number of ether oxygens (including phenoxy) is 1. The highest BCUT2D eigenvalue weighted by molar-refractivity contribution is 7.08. The Morgan fingerprint density at radius 2 is 1.96 bits per heavy atom. The number of alkyl carbamates (subject to hydrolysis) is 1. The van der Waals surface area contributed by atoms with E-state index in [2.05, 4.69) is 22.1 Å². The lowest BCUT2D eigenvalue weighted by Crippen LogP contribution is -2.32. The van der Waals surface area contributed by atoms with Gasteiger partial charge in [-0.3, -0.25) is 4.79 Å². The lowest BCUT2D eigenvalue weighted by atomic mass is 10.1. The van der Waals surface area contributed by atoms with Crippen molar-refractivity contribution >= 4 is 23.3 Å². The second-order valence-corrected chi connectivity index (χ2v) is 8.55. The molecule has 1 N–H and O–H groups in total. The molecule has 144 valence electrons. The standard InChI is InChI=1S/C21H26N2O3S/c1-21(2,3)26-20(25)22-13-15-6-8-16(9-7-15)19(24)23-11-4-5-18(23)17-10-12-27-14-17/h6-10,12,14,18H,4-5,11,13H2,1-3H3,(H,22,25). The quantitative estimate of drug-likeness (QED) is 0.825. The van der Waals surface area contributed by atoms with E-state index in [4.69, 9.17) is 4.74 Å². The monoisotopic (exact) mass is 386 g/mol. The number of hydrogen-bond donors (Lipinski definition) is 1. The zero-order chi connectivity index (χ0) is 19.4. The molecule has 1 aliphatic heterocycles. The SMILES string of the molecule is CC(C)(C)OC(=O)NCc1ccc(C(=O)N2CCCC2c2ccsc2)cc1. The maximum atomic E-state index is 12.9. The number of carbonyl (C=O) groups excluding carboxylic acids is 2. The Hall–Kier alpha value is -2.34. The third kappa shape index (κ3) is 5.10. The molecule has 3 rings (SSSR count). The number of nitrogens with zero attached hydrogens (tertiary/aromatic N) is 1. The summed E-state index contributed by atoms with van der Waals surface area (Å²) in [6.07, 6.45) is 1.60. The van der Waals surface area contributed by atoms with E-state index < -0.39 is 11.7 Å². The Kier molecular flexibility index (Phi) is 5.85. The summed E-state index contributed by atoms with van der Waals surface area (Å²) in [5.41, 5.74) is 2.31. The molecule has 1 unspecified atom stereocenters. The van der Waals surface area contributed by atoms with Crippen LogP contribution in [0.3, 0.4) is 0 Å². The number of thiophene rings is 1. The molecule has 2 aromatic rings. The topological polar surface area (TPSA) is 58.6 Å². The van der Waals surface area contributed by atoms with Crippen molar-refractivity contribution in [1.82, 2.24) is 10.2 Å². The zero-order valence-corrected chi connectivity index (χ0v) is 16.8. The fraction of sp³-hybridized carbons (Fsp3) is 0.429. The number of nitrogens with one attached hydrogen (secondary N) is 1. The van der Waals surface area contributed by atoms with Gasteiger partial charge in [0.05, 0.1) is 6.04 Å². The van der Waals surface area contributed by atoms with Gasteiger partial charge < -0.3 is 15.0 Å². The summed E-state index contributed by atoms with van der Waals surface area (Å²) in [5.74, 6) is 0.0651. The van der Waals surface area contributed by atoms with Crippen LogP contribution in [0.1, 0.15) is 61.1 Å². The molecule has 2 amide bonds. The first-order valence-corrected chi connectivity index (χ1v) is 10.2. The highest BCUT2D eigenvalue weighted by Gasteiger charge is 2.30. The summed E-state index contributed by atoms with van der Waals surface area (Å²) in [6, 6.07) is 9.69. The molecule has 1 saturated heterocycles. The molecule has 1 fully saturated rings. The fourth-order valence-electron chi connectivity index (χ4n) is 3.24. The van der Waals surface area contributed by atoms with E-state index in [0.29, 0.717) is 12.1 Å². The molecule has 1 aromatic heterocycles. The molecule has 0 aliphatic carbocycles. The van der Waals surface area contributed by atoms with Crippen molar-refractivity contribution < 1.29 is 14.3 Å². The van der Waals surface area contributed by atoms with Crippen LogP contribution < -0.4 is 5.32 Å². The van der Waals surface area contributed by atoms with Crippen LogP contribution in [0.5, 0.6) is 0 Å². The van der Waals surface area contributed by atoms with Gasteiger partial charge in [0.2, 0.25) is 0 Å². The van der Waals surface area contributed by atoms with Gasteiger partial charge in [0.15, 0.2) is 0 Å². The molecule has 1 atom stereocenters. The van der Waals surface area contributed by atoms with Crippen molar-refractivity contribution in [3.8, 4) is 0 Å². The minimum absolute atomic E-state index is 0.0651. The first kappa shape index (κ1) is 19.4. The summed E-state index contributed by atoms with van der Waals surface area (Å²) >= 11 is 1.67. The van der Waals surface area contributed by atoms with Crippen molar-refractivity contribution in [3.63, 3.8) is 0 Å². The van der Waals surface area contributed by atoms with Gasteiger partial charge in [-0.2, -0.15) is 11.3 Å². The van der Waals surface area contributed by atoms with Gasteiger partial charge >= 0.3 is 6.09 Å². The molecule has 27 heavy (non-hydrogen) atoms. The summed E-state index contributed by atoms with van der Waals surface area (Å²) in [4.78, 5) is 26.6. The molecule has 0 spiro atoms. The lowest BCUT2D eigenvalue weighted by Gasteiger charge is -2.24. The van der Waals surface area contributed by atoms with Crippen LogP contribution in [-0.4, -0.2) is 29.0 Å². The van der Waals surface area contributed by atoms with Crippen molar-refractivity contribution in [3.05, 3.63) is 57.8 Å². The first-order chi connectivity index (χ1) is 12.8.